The van der Waals surface area contributed by atoms with Gasteiger partial charge in [-0.05, 0) is 12.8 Å². The fourth-order valence-electron chi connectivity index (χ4n) is 1.11. The first-order chi connectivity index (χ1) is 6.46. The van der Waals surface area contributed by atoms with Gasteiger partial charge in [-0.15, -0.1) is 0 Å². The molecule has 0 heterocycles. The topological polar surface area (TPSA) is 81.7 Å². The van der Waals surface area contributed by atoms with Crippen LogP contribution >= 0.6 is 0 Å². The molecule has 0 spiro atoms. The zero-order chi connectivity index (χ0) is 10.8. The lowest BCUT2D eigenvalue weighted by atomic mass is 10.1. The van der Waals surface area contributed by atoms with Crippen LogP contribution in [0.15, 0.2) is 0 Å². The summed E-state index contributed by atoms with van der Waals surface area (Å²) in [5.74, 6) is -0.831. The van der Waals surface area contributed by atoms with Crippen LogP contribution in [0.25, 0.3) is 0 Å². The highest BCUT2D eigenvalue weighted by atomic mass is 16.4. The molecule has 3 N–H and O–H groups in total. The molecule has 0 bridgehead atoms. The molecule has 0 aliphatic heterocycles. The van der Waals surface area contributed by atoms with Crippen LogP contribution in [0.3, 0.4) is 0 Å². The molecule has 14 heavy (non-hydrogen) atoms. The highest BCUT2D eigenvalue weighted by Gasteiger charge is 2.50. The number of amides is 2. The largest absolute Gasteiger partial charge is 0.481 e. The number of carboxylic acid groups (broad SMARTS) is 1. The molecule has 6 nitrogen and oxygen atoms in total. The molecule has 1 aliphatic carbocycles. The maximum Gasteiger partial charge on any atom is 0.329 e. The summed E-state index contributed by atoms with van der Waals surface area (Å²) in [6.07, 6.45) is 1.29. The van der Waals surface area contributed by atoms with Crippen molar-refractivity contribution < 1.29 is 14.7 Å². The number of aliphatic carboxylic acids is 1. The Morgan fingerprint density at radius 3 is 2.36 bits per heavy atom. The van der Waals surface area contributed by atoms with Crippen LogP contribution in [0.4, 0.5) is 4.79 Å². The minimum absolute atomic E-state index is 0.196. The number of hydrogen-bond donors (Lipinski definition) is 3. The number of urea groups is 1. The van der Waals surface area contributed by atoms with E-state index in [-0.39, 0.29) is 12.6 Å². The number of nitrogens with one attached hydrogen (secondary N) is 2. The molecule has 0 saturated heterocycles. The van der Waals surface area contributed by atoms with Gasteiger partial charge >= 0.3 is 12.0 Å². The Kier molecular flexibility index (Phi) is 2.95. The molecule has 0 aromatic heterocycles. The molecule has 1 rings (SSSR count). The third-order valence-corrected chi connectivity index (χ3v) is 2.22. The molecular weight excluding hydrogens is 186 g/mol. The lowest BCUT2D eigenvalue weighted by Crippen LogP contribution is -2.45. The van der Waals surface area contributed by atoms with E-state index in [1.165, 1.54) is 5.01 Å². The molecule has 0 atom stereocenters. The molecule has 1 aliphatic rings. The number of hydrazine groups is 1. The molecule has 80 valence electrons. The maximum atomic E-state index is 11.1. The van der Waals surface area contributed by atoms with Crippen molar-refractivity contribution in [2.24, 2.45) is 5.41 Å². The van der Waals surface area contributed by atoms with Gasteiger partial charge in [0.2, 0.25) is 0 Å². The van der Waals surface area contributed by atoms with E-state index in [9.17, 15) is 9.59 Å². The van der Waals surface area contributed by atoms with Gasteiger partial charge in [-0.1, -0.05) is 0 Å². The molecule has 1 saturated carbocycles. The molecule has 0 aromatic rings. The zero-order valence-corrected chi connectivity index (χ0v) is 8.33. The maximum absolute atomic E-state index is 11.1. The summed E-state index contributed by atoms with van der Waals surface area (Å²) in [6.45, 7) is 0.196. The van der Waals surface area contributed by atoms with Crippen LogP contribution in [0.5, 0.6) is 0 Å². The predicted octanol–water partition coefficient (Wildman–Crippen LogP) is -0.373. The summed E-state index contributed by atoms with van der Waals surface area (Å²) in [5.41, 5.74) is 1.77. The molecule has 0 aromatic carbocycles. The Morgan fingerprint density at radius 1 is 1.43 bits per heavy atom. The number of carbonyl (C=O) groups excluding carboxylic acids is 1. The summed E-state index contributed by atoms with van der Waals surface area (Å²) in [7, 11) is 3.37. The third-order valence-electron chi connectivity index (χ3n) is 2.22. The van der Waals surface area contributed by atoms with Crippen molar-refractivity contribution in [3.8, 4) is 0 Å². The van der Waals surface area contributed by atoms with Gasteiger partial charge in [-0.2, -0.15) is 0 Å². The summed E-state index contributed by atoms with van der Waals surface area (Å²) >= 11 is 0. The van der Waals surface area contributed by atoms with E-state index >= 15 is 0 Å². The van der Waals surface area contributed by atoms with Crippen molar-refractivity contribution in [3.63, 3.8) is 0 Å². The van der Waals surface area contributed by atoms with Crippen molar-refractivity contribution in [1.82, 2.24) is 15.8 Å². The van der Waals surface area contributed by atoms with Gasteiger partial charge in [-0.3, -0.25) is 10.2 Å². The van der Waals surface area contributed by atoms with Crippen molar-refractivity contribution in [3.05, 3.63) is 0 Å². The number of carboxylic acids is 1. The third kappa shape index (κ3) is 2.59. The minimum atomic E-state index is -0.831. The molecule has 0 unspecified atom stereocenters. The van der Waals surface area contributed by atoms with E-state index in [0.717, 1.165) is 0 Å². The summed E-state index contributed by atoms with van der Waals surface area (Å²) in [5, 5.41) is 12.8. The Labute approximate surface area is 82.2 Å². The second-order valence-corrected chi connectivity index (χ2v) is 3.77. The first-order valence-corrected chi connectivity index (χ1v) is 4.41. The van der Waals surface area contributed by atoms with Gasteiger partial charge in [0.1, 0.15) is 0 Å². The Morgan fingerprint density at radius 2 is 2.00 bits per heavy atom. The summed E-state index contributed by atoms with van der Waals surface area (Å²) in [6, 6.07) is -0.373. The number of rotatable bonds is 4. The lowest BCUT2D eigenvalue weighted by molar-refractivity contribution is -0.143. The molecule has 6 heteroatoms. The number of carbonyl (C=O) groups is 2. The molecular formula is C8H15N3O3. The standard InChI is InChI=1S/C8H15N3O3/c1-11(2)10-7(14)9-5-8(3-4-8)6(12)13/h3-5H2,1-2H3,(H,12,13)(H2,9,10,14). The lowest BCUT2D eigenvalue weighted by Gasteiger charge is -2.15. The van der Waals surface area contributed by atoms with Crippen molar-refractivity contribution in [2.75, 3.05) is 20.6 Å². The van der Waals surface area contributed by atoms with Gasteiger partial charge in [0.25, 0.3) is 0 Å². The monoisotopic (exact) mass is 201 g/mol. The van der Waals surface area contributed by atoms with Crippen molar-refractivity contribution >= 4 is 12.0 Å². The first-order valence-electron chi connectivity index (χ1n) is 4.41. The Balaban J connectivity index is 2.27. The van der Waals surface area contributed by atoms with Gasteiger partial charge in [-0.25, -0.2) is 9.80 Å². The first kappa shape index (κ1) is 10.8. The second kappa shape index (κ2) is 3.83. The van der Waals surface area contributed by atoms with E-state index in [0.29, 0.717) is 12.8 Å². The van der Waals surface area contributed by atoms with Gasteiger partial charge in [0.05, 0.1) is 5.41 Å². The van der Waals surface area contributed by atoms with E-state index in [2.05, 4.69) is 10.7 Å². The molecule has 1 fully saturated rings. The van der Waals surface area contributed by atoms with E-state index in [1.807, 2.05) is 0 Å². The average molecular weight is 201 g/mol. The van der Waals surface area contributed by atoms with Gasteiger partial charge in [0.15, 0.2) is 0 Å². The van der Waals surface area contributed by atoms with E-state index in [1.54, 1.807) is 14.1 Å². The fourth-order valence-corrected chi connectivity index (χ4v) is 1.11. The van der Waals surface area contributed by atoms with Crippen LogP contribution in [0.1, 0.15) is 12.8 Å². The van der Waals surface area contributed by atoms with Crippen LogP contribution in [-0.4, -0.2) is 42.8 Å². The van der Waals surface area contributed by atoms with E-state index < -0.39 is 11.4 Å². The number of hydrogen-bond acceptors (Lipinski definition) is 3. The molecule has 0 radical (unpaired) electrons. The fraction of sp³-hybridized carbons (Fsp3) is 0.750. The van der Waals surface area contributed by atoms with Crippen LogP contribution in [0.2, 0.25) is 0 Å². The quantitative estimate of drug-likeness (QED) is 0.542. The van der Waals surface area contributed by atoms with Crippen LogP contribution in [-0.2, 0) is 4.79 Å². The number of nitrogens with zero attached hydrogens (tertiary/aromatic N) is 1. The van der Waals surface area contributed by atoms with Crippen LogP contribution < -0.4 is 10.7 Å². The predicted molar refractivity (Wildman–Crippen MR) is 49.5 cm³/mol. The second-order valence-electron chi connectivity index (χ2n) is 3.77. The highest BCUT2D eigenvalue weighted by molar-refractivity contribution is 5.80. The van der Waals surface area contributed by atoms with E-state index in [4.69, 9.17) is 5.11 Å². The van der Waals surface area contributed by atoms with Crippen molar-refractivity contribution in [1.29, 1.82) is 0 Å². The Bertz CT molecular complexity index is 248. The highest BCUT2D eigenvalue weighted by Crippen LogP contribution is 2.45. The summed E-state index contributed by atoms with van der Waals surface area (Å²) in [4.78, 5) is 21.8. The van der Waals surface area contributed by atoms with Crippen molar-refractivity contribution in [2.45, 2.75) is 12.8 Å². The summed E-state index contributed by atoms with van der Waals surface area (Å²) < 4.78 is 0. The van der Waals surface area contributed by atoms with Crippen LogP contribution in [0, 0.1) is 5.41 Å². The SMILES string of the molecule is CN(C)NC(=O)NCC1(C(=O)O)CC1. The molecule has 2 amide bonds. The normalized spacial score (nSPS) is 17.6. The Hall–Kier alpha value is -1.30. The van der Waals surface area contributed by atoms with Gasteiger partial charge < -0.3 is 10.4 Å². The smallest absolute Gasteiger partial charge is 0.329 e. The zero-order valence-electron chi connectivity index (χ0n) is 8.33. The average Bonchev–Trinajstić information content (AvgIpc) is 2.79. The van der Waals surface area contributed by atoms with Gasteiger partial charge in [0, 0.05) is 20.6 Å². The minimum Gasteiger partial charge on any atom is -0.481 e.